The molecule has 0 aliphatic rings. The number of amides is 1. The summed E-state index contributed by atoms with van der Waals surface area (Å²) in [5.41, 5.74) is 3.23. The zero-order valence-electron chi connectivity index (χ0n) is 16.1. The van der Waals surface area contributed by atoms with E-state index >= 15 is 0 Å². The third-order valence-corrected chi connectivity index (χ3v) is 4.49. The van der Waals surface area contributed by atoms with Gasteiger partial charge in [0.05, 0.1) is 23.0 Å². The molecule has 144 valence electrons. The SMILES string of the molecule is CCCn1nc(C)cc1NC(=O)Cn1nc(C)c2c(-c3ccco3)ccnc21. The third-order valence-electron chi connectivity index (χ3n) is 4.49. The van der Waals surface area contributed by atoms with E-state index in [1.54, 1.807) is 17.1 Å². The molecule has 0 radical (unpaired) electrons. The highest BCUT2D eigenvalue weighted by Crippen LogP contribution is 2.30. The van der Waals surface area contributed by atoms with E-state index in [2.05, 4.69) is 27.4 Å². The largest absolute Gasteiger partial charge is 0.464 e. The summed E-state index contributed by atoms with van der Waals surface area (Å²) in [6.45, 7) is 6.71. The van der Waals surface area contributed by atoms with Crippen LogP contribution in [-0.2, 0) is 17.9 Å². The van der Waals surface area contributed by atoms with E-state index in [4.69, 9.17) is 4.42 Å². The molecule has 0 unspecified atom stereocenters. The van der Waals surface area contributed by atoms with Crippen LogP contribution >= 0.6 is 0 Å². The van der Waals surface area contributed by atoms with Crippen molar-refractivity contribution in [2.45, 2.75) is 40.3 Å². The maximum Gasteiger partial charge on any atom is 0.247 e. The van der Waals surface area contributed by atoms with Crippen molar-refractivity contribution >= 4 is 22.8 Å². The van der Waals surface area contributed by atoms with Crippen LogP contribution in [0.2, 0.25) is 0 Å². The minimum atomic E-state index is -0.174. The van der Waals surface area contributed by atoms with Gasteiger partial charge in [0, 0.05) is 24.4 Å². The molecule has 4 aromatic rings. The predicted molar refractivity (Wildman–Crippen MR) is 106 cm³/mol. The van der Waals surface area contributed by atoms with Crippen molar-refractivity contribution in [3.8, 4) is 11.3 Å². The molecule has 0 saturated heterocycles. The Bertz CT molecular complexity index is 1120. The molecule has 28 heavy (non-hydrogen) atoms. The summed E-state index contributed by atoms with van der Waals surface area (Å²) in [6.07, 6.45) is 4.28. The molecule has 8 nitrogen and oxygen atoms in total. The average Bonchev–Trinajstić information content (AvgIpc) is 3.37. The standard InChI is InChI=1S/C20H22N6O2/c1-4-9-25-17(11-13(2)23-25)22-18(27)12-26-20-19(14(3)24-26)15(7-8-21-20)16-6-5-10-28-16/h5-8,10-11H,4,9,12H2,1-3H3,(H,22,27). The quantitative estimate of drug-likeness (QED) is 0.554. The highest BCUT2D eigenvalue weighted by Gasteiger charge is 2.17. The van der Waals surface area contributed by atoms with Crippen molar-refractivity contribution < 1.29 is 9.21 Å². The van der Waals surface area contributed by atoms with Crippen LogP contribution in [-0.4, -0.2) is 30.5 Å². The number of aromatic nitrogens is 5. The number of pyridine rings is 1. The molecular formula is C20H22N6O2. The highest BCUT2D eigenvalue weighted by atomic mass is 16.3. The number of aryl methyl sites for hydroxylation is 3. The zero-order chi connectivity index (χ0) is 19.7. The minimum absolute atomic E-state index is 0.0648. The van der Waals surface area contributed by atoms with Crippen LogP contribution < -0.4 is 5.32 Å². The van der Waals surface area contributed by atoms with Gasteiger partial charge in [-0.2, -0.15) is 10.2 Å². The second kappa shape index (κ2) is 7.30. The van der Waals surface area contributed by atoms with Crippen molar-refractivity contribution in [3.05, 3.63) is 48.1 Å². The molecule has 8 heteroatoms. The molecular weight excluding hydrogens is 356 g/mol. The lowest BCUT2D eigenvalue weighted by Crippen LogP contribution is -2.21. The topological polar surface area (TPSA) is 90.8 Å². The maximum absolute atomic E-state index is 12.7. The van der Waals surface area contributed by atoms with Gasteiger partial charge in [-0.1, -0.05) is 6.92 Å². The van der Waals surface area contributed by atoms with Gasteiger partial charge in [0.15, 0.2) is 5.65 Å². The Balaban J connectivity index is 1.62. The number of carbonyl (C=O) groups excluding carboxylic acids is 1. The second-order valence-corrected chi connectivity index (χ2v) is 6.72. The first-order valence-electron chi connectivity index (χ1n) is 9.27. The number of anilines is 1. The fourth-order valence-corrected chi connectivity index (χ4v) is 3.38. The average molecular weight is 378 g/mol. The van der Waals surface area contributed by atoms with Gasteiger partial charge >= 0.3 is 0 Å². The number of carbonyl (C=O) groups is 1. The highest BCUT2D eigenvalue weighted by molar-refractivity contribution is 5.95. The molecule has 1 amide bonds. The van der Waals surface area contributed by atoms with Crippen LogP contribution in [0, 0.1) is 13.8 Å². The van der Waals surface area contributed by atoms with Gasteiger partial charge in [0.25, 0.3) is 0 Å². The fraction of sp³-hybridized carbons (Fsp3) is 0.300. The number of hydrogen-bond donors (Lipinski definition) is 1. The van der Waals surface area contributed by atoms with E-state index in [-0.39, 0.29) is 12.5 Å². The lowest BCUT2D eigenvalue weighted by molar-refractivity contribution is -0.116. The fourth-order valence-electron chi connectivity index (χ4n) is 3.38. The van der Waals surface area contributed by atoms with E-state index in [9.17, 15) is 4.79 Å². The first-order valence-corrected chi connectivity index (χ1v) is 9.27. The molecule has 4 heterocycles. The Hall–Kier alpha value is -3.42. The van der Waals surface area contributed by atoms with Crippen molar-refractivity contribution in [1.82, 2.24) is 24.5 Å². The molecule has 0 aliphatic heterocycles. The van der Waals surface area contributed by atoms with Gasteiger partial charge in [-0.3, -0.25) is 4.79 Å². The summed E-state index contributed by atoms with van der Waals surface area (Å²) < 4.78 is 8.97. The molecule has 4 rings (SSSR count). The van der Waals surface area contributed by atoms with Crippen LogP contribution in [0.3, 0.4) is 0 Å². The van der Waals surface area contributed by atoms with Crippen molar-refractivity contribution in [3.63, 3.8) is 0 Å². The molecule has 0 aromatic carbocycles. The summed E-state index contributed by atoms with van der Waals surface area (Å²) in [5.74, 6) is 1.27. The Kier molecular flexibility index (Phi) is 4.68. The lowest BCUT2D eigenvalue weighted by atomic mass is 10.1. The number of fused-ring (bicyclic) bond motifs is 1. The van der Waals surface area contributed by atoms with Crippen LogP contribution in [0.5, 0.6) is 0 Å². The van der Waals surface area contributed by atoms with Crippen LogP contribution in [0.25, 0.3) is 22.4 Å². The zero-order valence-corrected chi connectivity index (χ0v) is 16.1. The minimum Gasteiger partial charge on any atom is -0.464 e. The molecule has 0 saturated carbocycles. The van der Waals surface area contributed by atoms with Crippen molar-refractivity contribution in [2.75, 3.05) is 5.32 Å². The molecule has 0 fully saturated rings. The van der Waals surface area contributed by atoms with E-state index in [1.165, 1.54) is 0 Å². The number of nitrogens with one attached hydrogen (secondary N) is 1. The van der Waals surface area contributed by atoms with Crippen LogP contribution in [0.4, 0.5) is 5.82 Å². The smallest absolute Gasteiger partial charge is 0.247 e. The Morgan fingerprint density at radius 3 is 2.82 bits per heavy atom. The van der Waals surface area contributed by atoms with E-state index in [1.807, 2.05) is 42.8 Å². The Morgan fingerprint density at radius 1 is 1.21 bits per heavy atom. The molecule has 4 aromatic heterocycles. The van der Waals surface area contributed by atoms with Gasteiger partial charge in [-0.05, 0) is 38.5 Å². The number of furan rings is 1. The molecule has 1 N–H and O–H groups in total. The monoisotopic (exact) mass is 378 g/mol. The first kappa shape index (κ1) is 18.0. The van der Waals surface area contributed by atoms with Gasteiger partial charge in [0.1, 0.15) is 18.1 Å². The van der Waals surface area contributed by atoms with Gasteiger partial charge in [-0.25, -0.2) is 14.3 Å². The summed E-state index contributed by atoms with van der Waals surface area (Å²) in [5, 5.41) is 12.8. The molecule has 0 atom stereocenters. The van der Waals surface area contributed by atoms with E-state index in [0.29, 0.717) is 11.5 Å². The second-order valence-electron chi connectivity index (χ2n) is 6.72. The summed E-state index contributed by atoms with van der Waals surface area (Å²) in [4.78, 5) is 17.1. The summed E-state index contributed by atoms with van der Waals surface area (Å²) in [6, 6.07) is 7.51. The summed E-state index contributed by atoms with van der Waals surface area (Å²) >= 11 is 0. The van der Waals surface area contributed by atoms with Crippen LogP contribution in [0.1, 0.15) is 24.7 Å². The van der Waals surface area contributed by atoms with Crippen molar-refractivity contribution in [1.29, 1.82) is 0 Å². The van der Waals surface area contributed by atoms with Gasteiger partial charge in [0.2, 0.25) is 5.91 Å². The Labute approximate surface area is 162 Å². The normalized spacial score (nSPS) is 11.2. The Morgan fingerprint density at radius 2 is 2.07 bits per heavy atom. The third kappa shape index (κ3) is 3.28. The number of hydrogen-bond acceptors (Lipinski definition) is 5. The molecule has 0 bridgehead atoms. The van der Waals surface area contributed by atoms with Gasteiger partial charge in [-0.15, -0.1) is 0 Å². The maximum atomic E-state index is 12.7. The van der Waals surface area contributed by atoms with E-state index < -0.39 is 0 Å². The lowest BCUT2D eigenvalue weighted by Gasteiger charge is -2.08. The molecule has 0 spiro atoms. The van der Waals surface area contributed by atoms with Gasteiger partial charge < -0.3 is 9.73 Å². The summed E-state index contributed by atoms with van der Waals surface area (Å²) in [7, 11) is 0. The van der Waals surface area contributed by atoms with E-state index in [0.717, 1.165) is 41.1 Å². The molecule has 0 aliphatic carbocycles. The first-order chi connectivity index (χ1) is 13.6. The number of rotatable bonds is 6. The van der Waals surface area contributed by atoms with Crippen LogP contribution in [0.15, 0.2) is 41.1 Å². The number of nitrogens with zero attached hydrogens (tertiary/aromatic N) is 5. The van der Waals surface area contributed by atoms with Crippen molar-refractivity contribution in [2.24, 2.45) is 0 Å². The predicted octanol–water partition coefficient (Wildman–Crippen LogP) is 3.55.